The number of hydrogen-bond acceptors (Lipinski definition) is 16. The third-order valence-corrected chi connectivity index (χ3v) is 13.3. The van der Waals surface area contributed by atoms with E-state index in [2.05, 4.69) is 0 Å². The molecule has 5 aromatic carbocycles. The number of benzene rings is 5. The quantitative estimate of drug-likeness (QED) is 0.0448. The van der Waals surface area contributed by atoms with Gasteiger partial charge in [0.1, 0.15) is 36.2 Å². The Bertz CT molecular complexity index is 2690. The number of carbonyl (C=O) groups is 3. The maximum Gasteiger partial charge on any atom is 0.415 e. The molecule has 3 fully saturated rings. The normalized spacial score (nSPS) is 18.5. The molecule has 2 bridgehead atoms. The van der Waals surface area contributed by atoms with Gasteiger partial charge in [0, 0.05) is 25.7 Å². The van der Waals surface area contributed by atoms with Crippen molar-refractivity contribution in [3.8, 4) is 28.7 Å². The van der Waals surface area contributed by atoms with Gasteiger partial charge in [0.25, 0.3) is 0 Å². The molecule has 4 unspecified atom stereocenters. The highest BCUT2D eigenvalue weighted by Gasteiger charge is 2.55. The van der Waals surface area contributed by atoms with E-state index in [-0.39, 0.29) is 75.9 Å². The van der Waals surface area contributed by atoms with Crippen molar-refractivity contribution < 1.29 is 68.6 Å². The lowest BCUT2D eigenvalue weighted by molar-refractivity contribution is -0.497. The fourth-order valence-electron chi connectivity index (χ4n) is 9.42. The first-order valence-corrected chi connectivity index (χ1v) is 23.9. The third kappa shape index (κ3) is 13.0. The standard InChI is InChI=1S/C51H55Cl2N5O14/c1-31-20-43(52)48(44(53)21-31)68-19-18-67-39-15-11-36(12-16-39)42-25-38-27-54(50(60)71-40-8-4-6-34(23-40)29-69-57(62)63)28-45(56(38)51(61)72-41-9-5-7-35(24-41)30-70-58(64)65)47(42)49(59)55(37-13-14-37)26-33-10-17-46(66-3)32(2)22-33/h4-12,15-17,20-24,37-38,42,45,47,62-65H,13-14,18-19,25-30H2,1-3H3. The SMILES string of the molecule is COc1ccc(CN(C(=O)C2C(c3ccc(OCCOc4c(Cl)cc(C)cc4Cl)cc3)CC3CN(C(=O)Oc4cccc(CON(O)O)c4)CC2N3C(=O)Oc2cccc(CON(O)O)c2)C2CC2)cc1C. The molecule has 4 N–H and O–H groups in total. The molecule has 1 aliphatic carbocycles. The maximum absolute atomic E-state index is 15.7. The number of nitrogens with zero attached hydrogens (tertiary/aromatic N) is 5. The summed E-state index contributed by atoms with van der Waals surface area (Å²) in [6.07, 6.45) is 0.330. The smallest absolute Gasteiger partial charge is 0.415 e. The molecule has 0 radical (unpaired) electrons. The molecular weight excluding hydrogens is 977 g/mol. The number of carbonyl (C=O) groups excluding carboxylic acids is 3. The fourth-order valence-corrected chi connectivity index (χ4v) is 10.1. The van der Waals surface area contributed by atoms with E-state index in [0.717, 1.165) is 35.1 Å². The minimum atomic E-state index is -0.939. The first-order chi connectivity index (χ1) is 34.6. The summed E-state index contributed by atoms with van der Waals surface area (Å²) < 4.78 is 29.4. The molecule has 0 aromatic heterocycles. The molecule has 8 rings (SSSR count). The molecule has 4 atom stereocenters. The van der Waals surface area contributed by atoms with Crippen LogP contribution in [0.2, 0.25) is 10.0 Å². The van der Waals surface area contributed by atoms with Gasteiger partial charge in [-0.3, -0.25) is 30.5 Å². The molecule has 2 heterocycles. The Hall–Kier alpha value is -6.23. The molecular formula is C51H55Cl2N5O14. The summed E-state index contributed by atoms with van der Waals surface area (Å²) in [6.45, 7) is 3.87. The summed E-state index contributed by atoms with van der Waals surface area (Å²) in [7, 11) is 1.60. The van der Waals surface area contributed by atoms with Crippen molar-refractivity contribution in [2.24, 2.45) is 5.92 Å². The van der Waals surface area contributed by atoms with Crippen molar-refractivity contribution in [1.29, 1.82) is 0 Å². The summed E-state index contributed by atoms with van der Waals surface area (Å²) >= 11 is 12.8. The van der Waals surface area contributed by atoms with E-state index in [1.807, 2.05) is 61.2 Å². The van der Waals surface area contributed by atoms with Crippen LogP contribution in [0, 0.1) is 19.8 Å². The van der Waals surface area contributed by atoms with Crippen LogP contribution in [0.3, 0.4) is 0 Å². The van der Waals surface area contributed by atoms with Crippen LogP contribution in [0.15, 0.2) is 103 Å². The Morgan fingerprint density at radius 1 is 0.694 bits per heavy atom. The second-order valence-corrected chi connectivity index (χ2v) is 18.6. The Morgan fingerprint density at radius 3 is 1.89 bits per heavy atom. The van der Waals surface area contributed by atoms with E-state index < -0.39 is 46.9 Å². The van der Waals surface area contributed by atoms with E-state index in [0.29, 0.717) is 38.4 Å². The number of aryl methyl sites for hydroxylation is 2. The Labute approximate surface area is 425 Å². The van der Waals surface area contributed by atoms with Crippen LogP contribution in [0.25, 0.3) is 0 Å². The molecule has 19 nitrogen and oxygen atoms in total. The van der Waals surface area contributed by atoms with Gasteiger partial charge < -0.3 is 33.5 Å². The van der Waals surface area contributed by atoms with Crippen molar-refractivity contribution in [2.75, 3.05) is 33.4 Å². The van der Waals surface area contributed by atoms with Crippen molar-refractivity contribution in [1.82, 2.24) is 25.5 Å². The average Bonchev–Trinajstić information content (AvgIpc) is 4.19. The Morgan fingerprint density at radius 2 is 1.31 bits per heavy atom. The van der Waals surface area contributed by atoms with E-state index in [9.17, 15) is 9.59 Å². The fraction of sp³-hybridized carbons (Fsp3) is 0.353. The van der Waals surface area contributed by atoms with Crippen molar-refractivity contribution >= 4 is 41.3 Å². The zero-order valence-electron chi connectivity index (χ0n) is 39.6. The monoisotopic (exact) mass is 1030 g/mol. The number of rotatable bonds is 19. The molecule has 382 valence electrons. The van der Waals surface area contributed by atoms with Crippen LogP contribution in [0.1, 0.15) is 58.6 Å². The van der Waals surface area contributed by atoms with E-state index in [1.54, 1.807) is 60.5 Å². The van der Waals surface area contributed by atoms with Crippen molar-refractivity contribution in [3.05, 3.63) is 147 Å². The number of ether oxygens (including phenoxy) is 5. The van der Waals surface area contributed by atoms with Gasteiger partial charge in [-0.05, 0) is 127 Å². The van der Waals surface area contributed by atoms with E-state index >= 15 is 4.79 Å². The van der Waals surface area contributed by atoms with Gasteiger partial charge in [-0.1, -0.05) is 71.7 Å². The molecule has 72 heavy (non-hydrogen) atoms. The predicted molar refractivity (Wildman–Crippen MR) is 257 cm³/mol. The predicted octanol–water partition coefficient (Wildman–Crippen LogP) is 9.15. The van der Waals surface area contributed by atoms with Crippen LogP contribution >= 0.6 is 23.2 Å². The minimum Gasteiger partial charge on any atom is -0.496 e. The number of methoxy groups -OCH3 is 1. The zero-order valence-corrected chi connectivity index (χ0v) is 41.1. The summed E-state index contributed by atoms with van der Waals surface area (Å²) in [4.78, 5) is 59.1. The highest BCUT2D eigenvalue weighted by Crippen LogP contribution is 2.46. The Balaban J connectivity index is 1.11. The summed E-state index contributed by atoms with van der Waals surface area (Å²) in [6, 6.07) is 27.8. The number of fused-ring (bicyclic) bond motifs is 2. The first kappa shape index (κ1) is 52.1. The Kier molecular flexibility index (Phi) is 17.0. The van der Waals surface area contributed by atoms with Crippen LogP contribution in [0.5, 0.6) is 28.7 Å². The lowest BCUT2D eigenvalue weighted by atomic mass is 9.70. The average molecular weight is 1030 g/mol. The molecule has 1 saturated carbocycles. The van der Waals surface area contributed by atoms with Crippen molar-refractivity contribution in [3.63, 3.8) is 0 Å². The molecule has 21 heteroatoms. The largest absolute Gasteiger partial charge is 0.496 e. The minimum absolute atomic E-state index is 0.0129. The number of halogens is 2. The summed E-state index contributed by atoms with van der Waals surface area (Å²) in [5.41, 5.74) is 4.47. The van der Waals surface area contributed by atoms with Gasteiger partial charge in [-0.2, -0.15) is 0 Å². The van der Waals surface area contributed by atoms with Gasteiger partial charge in [-0.15, -0.1) is 0 Å². The van der Waals surface area contributed by atoms with Gasteiger partial charge in [-0.25, -0.2) is 19.3 Å². The number of piperidine rings is 1. The third-order valence-electron chi connectivity index (χ3n) is 12.8. The second-order valence-electron chi connectivity index (χ2n) is 17.8. The molecule has 5 aromatic rings. The highest BCUT2D eigenvalue weighted by molar-refractivity contribution is 6.37. The molecule has 2 saturated heterocycles. The van der Waals surface area contributed by atoms with E-state index in [1.165, 1.54) is 17.0 Å². The van der Waals surface area contributed by atoms with Crippen LogP contribution in [-0.2, 0) is 34.2 Å². The molecule has 3 amide bonds. The van der Waals surface area contributed by atoms with Crippen molar-refractivity contribution in [2.45, 2.75) is 76.9 Å². The second kappa shape index (κ2) is 23.5. The topological polar surface area (TPSA) is 213 Å². The van der Waals surface area contributed by atoms with E-state index in [4.69, 9.17) is 77.4 Å². The number of piperazine rings is 1. The van der Waals surface area contributed by atoms with Gasteiger partial charge in [0.05, 0.1) is 59.2 Å². The number of hydrogen-bond donors (Lipinski definition) is 4. The van der Waals surface area contributed by atoms with Crippen LogP contribution in [-0.4, -0.2) is 116 Å². The highest BCUT2D eigenvalue weighted by atomic mass is 35.5. The zero-order chi connectivity index (χ0) is 51.1. The summed E-state index contributed by atoms with van der Waals surface area (Å²) in [5.74, 6) is 0.361. The van der Waals surface area contributed by atoms with Crippen LogP contribution < -0.4 is 23.7 Å². The molecule has 3 aliphatic rings. The lowest BCUT2D eigenvalue weighted by Crippen LogP contribution is -2.70. The maximum atomic E-state index is 15.7. The lowest BCUT2D eigenvalue weighted by Gasteiger charge is -2.54. The molecule has 2 aliphatic heterocycles. The molecule has 0 spiro atoms. The first-order valence-electron chi connectivity index (χ1n) is 23.2. The van der Waals surface area contributed by atoms with Gasteiger partial charge in [0.2, 0.25) is 5.91 Å². The number of amides is 3. The van der Waals surface area contributed by atoms with Gasteiger partial charge in [0.15, 0.2) is 5.75 Å². The van der Waals surface area contributed by atoms with Gasteiger partial charge >= 0.3 is 12.2 Å². The number of likely N-dealkylation sites (tertiary alicyclic amines) is 1. The van der Waals surface area contributed by atoms with Crippen LogP contribution in [0.4, 0.5) is 9.59 Å². The summed E-state index contributed by atoms with van der Waals surface area (Å²) in [5, 5.41) is 36.4.